The highest BCUT2D eigenvalue weighted by molar-refractivity contribution is 7.40. The highest BCUT2D eigenvalue weighted by Gasteiger charge is 2.48. The number of fused-ring (bicyclic) bond motifs is 13. The maximum Gasteiger partial charge on any atom is 0.197 e. The van der Waals surface area contributed by atoms with Crippen molar-refractivity contribution in [2.75, 3.05) is 0 Å². The van der Waals surface area contributed by atoms with Crippen molar-refractivity contribution >= 4 is 115 Å². The fraction of sp³-hybridized carbons (Fsp3) is 0.152. The number of carbonyl (C=O) groups is 3. The van der Waals surface area contributed by atoms with Gasteiger partial charge in [-0.2, -0.15) is 0 Å². The van der Waals surface area contributed by atoms with E-state index in [4.69, 9.17) is 0 Å². The van der Waals surface area contributed by atoms with Gasteiger partial charge in [0.05, 0.1) is 24.6 Å². The fourth-order valence-electron chi connectivity index (χ4n) is 9.70. The van der Waals surface area contributed by atoms with Gasteiger partial charge in [0.1, 0.15) is 6.10 Å². The summed E-state index contributed by atoms with van der Waals surface area (Å²) >= 11 is 6.63. The number of rotatable bonds is 2. The smallest absolute Gasteiger partial charge is 0.197 e. The molecule has 0 amide bonds. The van der Waals surface area contributed by atoms with Crippen molar-refractivity contribution < 1.29 is 37.1 Å². The molecule has 4 nitrogen and oxygen atoms in total. The zero-order chi connectivity index (χ0) is 39.5. The van der Waals surface area contributed by atoms with E-state index in [1.54, 1.807) is 52.2 Å². The largest absolute Gasteiger partial charge is 0.383 e. The van der Waals surface area contributed by atoms with Crippen LogP contribution in [0.2, 0.25) is 0 Å². The lowest BCUT2D eigenvalue weighted by atomic mass is 9.68. The highest BCUT2D eigenvalue weighted by Crippen LogP contribution is 2.65. The molecular formula is C46H24F4O4S4. The lowest BCUT2D eigenvalue weighted by Gasteiger charge is -2.35. The molecular weight excluding hydrogens is 821 g/mol. The number of benzene rings is 4. The van der Waals surface area contributed by atoms with Gasteiger partial charge < -0.3 is 5.11 Å². The molecule has 12 heteroatoms. The van der Waals surface area contributed by atoms with Crippen LogP contribution >= 0.6 is 45.3 Å². The zero-order valence-corrected chi connectivity index (χ0v) is 33.1. The van der Waals surface area contributed by atoms with Crippen molar-refractivity contribution in [1.29, 1.82) is 0 Å². The van der Waals surface area contributed by atoms with Gasteiger partial charge in [0.25, 0.3) is 0 Å². The molecule has 58 heavy (non-hydrogen) atoms. The van der Waals surface area contributed by atoms with E-state index in [1.165, 1.54) is 59.8 Å². The number of hydrogen-bond donors (Lipinski definition) is 1. The van der Waals surface area contributed by atoms with E-state index < -0.39 is 40.9 Å². The average Bonchev–Trinajstić information content (AvgIpc) is 4.06. The summed E-state index contributed by atoms with van der Waals surface area (Å²) in [6.45, 7) is 0. The summed E-state index contributed by atoms with van der Waals surface area (Å²) in [4.78, 5) is 44.8. The normalized spacial score (nSPS) is 18.8. The summed E-state index contributed by atoms with van der Waals surface area (Å²) in [5, 5.41) is 12.9. The third kappa shape index (κ3) is 4.66. The Kier molecular flexibility index (Phi) is 7.21. The van der Waals surface area contributed by atoms with Crippen LogP contribution in [0.25, 0.3) is 62.3 Å². The second-order valence-corrected chi connectivity index (χ2v) is 19.8. The van der Waals surface area contributed by atoms with E-state index in [2.05, 4.69) is 6.07 Å². The third-order valence-electron chi connectivity index (χ3n) is 12.4. The Morgan fingerprint density at radius 1 is 0.569 bits per heavy atom. The van der Waals surface area contributed by atoms with Gasteiger partial charge >= 0.3 is 0 Å². The highest BCUT2D eigenvalue weighted by atomic mass is 32.1. The minimum absolute atomic E-state index is 0.0288. The SMILES string of the molecule is O=C1C(=Cc2cc3sc4c5c(sc4c3s2)-c2sc(/C=C3\C(=O)c4cc6cc(F)c(F)cc6cc4C3O)cc2C52CCCCC2)C(=O)c2cc3cc(F)c(F)cc3cc21. The van der Waals surface area contributed by atoms with E-state index in [-0.39, 0.29) is 39.0 Å². The van der Waals surface area contributed by atoms with Crippen LogP contribution in [0.5, 0.6) is 0 Å². The summed E-state index contributed by atoms with van der Waals surface area (Å²) in [5.74, 6) is -5.23. The molecule has 8 aromatic rings. The molecule has 1 N–H and O–H groups in total. The molecule has 1 saturated carbocycles. The minimum atomic E-state index is -1.20. The minimum Gasteiger partial charge on any atom is -0.383 e. The number of aliphatic hydroxyl groups is 1. The molecule has 0 saturated heterocycles. The van der Waals surface area contributed by atoms with Crippen LogP contribution in [-0.2, 0) is 5.41 Å². The second kappa shape index (κ2) is 12.0. The van der Waals surface area contributed by atoms with Crippen LogP contribution in [-0.4, -0.2) is 22.5 Å². The summed E-state index contributed by atoms with van der Waals surface area (Å²) < 4.78 is 60.6. The molecule has 0 aliphatic heterocycles. The Hall–Kier alpha value is -5.11. The maximum absolute atomic E-state index is 14.0. The first-order valence-corrected chi connectivity index (χ1v) is 22.0. The molecule has 4 aliphatic carbocycles. The molecule has 12 rings (SSSR count). The molecule has 0 bridgehead atoms. The first-order valence-electron chi connectivity index (χ1n) is 18.7. The number of hydrogen-bond acceptors (Lipinski definition) is 8. The van der Waals surface area contributed by atoms with Crippen LogP contribution in [0.15, 0.2) is 71.8 Å². The predicted molar refractivity (Wildman–Crippen MR) is 224 cm³/mol. The van der Waals surface area contributed by atoms with Gasteiger partial charge in [-0.15, -0.1) is 45.3 Å². The van der Waals surface area contributed by atoms with Crippen LogP contribution < -0.4 is 0 Å². The van der Waals surface area contributed by atoms with Gasteiger partial charge in [-0.3, -0.25) is 14.4 Å². The van der Waals surface area contributed by atoms with Crippen molar-refractivity contribution in [3.8, 4) is 9.75 Å². The lowest BCUT2D eigenvalue weighted by molar-refractivity contribution is 0.0986. The van der Waals surface area contributed by atoms with Crippen LogP contribution in [0, 0.1) is 23.3 Å². The van der Waals surface area contributed by atoms with Crippen molar-refractivity contribution in [2.24, 2.45) is 0 Å². The van der Waals surface area contributed by atoms with E-state index in [0.29, 0.717) is 27.1 Å². The second-order valence-electron chi connectivity index (χ2n) is 15.6. The summed E-state index contributed by atoms with van der Waals surface area (Å²) in [6, 6.07) is 14.4. The number of halogens is 4. The zero-order valence-electron chi connectivity index (χ0n) is 29.9. The summed E-state index contributed by atoms with van der Waals surface area (Å²) in [5.41, 5.74) is 3.75. The van der Waals surface area contributed by atoms with Crippen molar-refractivity contribution in [3.05, 3.63) is 138 Å². The van der Waals surface area contributed by atoms with E-state index in [0.717, 1.165) is 75.5 Å². The van der Waals surface area contributed by atoms with E-state index in [1.807, 2.05) is 6.07 Å². The fourth-order valence-corrected chi connectivity index (χ4v) is 15.5. The molecule has 1 atom stereocenters. The Bertz CT molecular complexity index is 3290. The number of ketones is 3. The molecule has 4 aliphatic rings. The van der Waals surface area contributed by atoms with Gasteiger partial charge in [0.15, 0.2) is 40.6 Å². The molecule has 0 radical (unpaired) electrons. The number of thiophene rings is 4. The number of Topliss-reactive ketones (excluding diaryl/α,β-unsaturated/α-hetero) is 3. The first-order chi connectivity index (χ1) is 28.0. The number of aliphatic hydroxyl groups excluding tert-OH is 1. The third-order valence-corrected chi connectivity index (χ3v) is 17.5. The van der Waals surface area contributed by atoms with E-state index >= 15 is 0 Å². The van der Waals surface area contributed by atoms with Crippen LogP contribution in [0.3, 0.4) is 0 Å². The quantitative estimate of drug-likeness (QED) is 0.107. The Morgan fingerprint density at radius 3 is 1.79 bits per heavy atom. The summed E-state index contributed by atoms with van der Waals surface area (Å²) in [7, 11) is 0. The van der Waals surface area contributed by atoms with Crippen LogP contribution in [0.4, 0.5) is 17.6 Å². The molecule has 1 fully saturated rings. The molecule has 284 valence electrons. The Morgan fingerprint density at radius 2 is 1.16 bits per heavy atom. The molecule has 1 unspecified atom stereocenters. The van der Waals surface area contributed by atoms with Crippen molar-refractivity contribution in [3.63, 3.8) is 0 Å². The average molecular weight is 845 g/mol. The molecule has 1 spiro atoms. The Labute approximate surface area is 342 Å². The maximum atomic E-state index is 14.0. The number of carbonyl (C=O) groups excluding carboxylic acids is 3. The van der Waals surface area contributed by atoms with E-state index in [9.17, 15) is 37.1 Å². The van der Waals surface area contributed by atoms with Crippen LogP contribution in [0.1, 0.15) is 95.7 Å². The van der Waals surface area contributed by atoms with Gasteiger partial charge in [0, 0.05) is 52.6 Å². The van der Waals surface area contributed by atoms with Gasteiger partial charge in [0.2, 0.25) is 0 Å². The Balaban J connectivity index is 0.927. The standard InChI is InChI=1S/C46H24F4O4S4/c47-31-10-18-6-24-25(7-19(18)11-32(31)48)38(52)28(37(24)51)14-22-16-30-41(55-22)43-36(46(30)4-2-1-3-5-46)44-45(58-43)42-35(57-44)17-23(56-42)15-29-39(53)26-8-20-12-33(49)34(50)13-21(20)9-27(26)40(29)54/h6-17,37,51H,1-5H2/b28-14-. The van der Waals surface area contributed by atoms with Gasteiger partial charge in [-0.05, 0) is 118 Å². The monoisotopic (exact) mass is 844 g/mol. The number of allylic oxidation sites excluding steroid dienone is 1. The van der Waals surface area contributed by atoms with Crippen molar-refractivity contribution in [1.82, 2.24) is 0 Å². The summed E-state index contributed by atoms with van der Waals surface area (Å²) in [6.07, 6.45) is 7.55. The predicted octanol–water partition coefficient (Wildman–Crippen LogP) is 13.1. The first kappa shape index (κ1) is 34.9. The van der Waals surface area contributed by atoms with Crippen molar-refractivity contribution in [2.45, 2.75) is 43.6 Å². The molecule has 4 aromatic carbocycles. The van der Waals surface area contributed by atoms with Gasteiger partial charge in [-0.25, -0.2) is 17.6 Å². The topological polar surface area (TPSA) is 71.4 Å². The lowest BCUT2D eigenvalue weighted by Crippen LogP contribution is -2.27. The molecule has 4 aromatic heterocycles. The van der Waals surface area contributed by atoms with Gasteiger partial charge in [-0.1, -0.05) is 19.3 Å². The molecule has 4 heterocycles.